The molecule has 0 aliphatic rings. The third-order valence-corrected chi connectivity index (χ3v) is 16.4. The maximum absolute atomic E-state index is 7.58. The number of hydrogen-bond donors (Lipinski definition) is 0. The average molecular weight is 1120 g/mol. The van der Waals surface area contributed by atoms with Crippen LogP contribution in [-0.2, 0) is 32.5 Å². The van der Waals surface area contributed by atoms with Gasteiger partial charge >= 0.3 is 16.5 Å². The highest BCUT2D eigenvalue weighted by molar-refractivity contribution is 7.32. The van der Waals surface area contributed by atoms with Crippen molar-refractivity contribution in [2.24, 2.45) is 0 Å². The molecule has 0 fully saturated rings. The van der Waals surface area contributed by atoms with Gasteiger partial charge < -0.3 is 49.5 Å². The molecule has 424 valence electrons. The van der Waals surface area contributed by atoms with E-state index in [1.54, 1.807) is 35.5 Å². The van der Waals surface area contributed by atoms with E-state index in [0.29, 0.717) is 68.0 Å². The smallest absolute Gasteiger partial charge is 0.453 e. The fourth-order valence-electron chi connectivity index (χ4n) is 10.1. The molecule has 0 bridgehead atoms. The topological polar surface area (TPSA) is 117 Å². The van der Waals surface area contributed by atoms with Crippen molar-refractivity contribution in [2.75, 3.05) is 35.5 Å². The molecule has 0 spiro atoms. The van der Waals surface area contributed by atoms with Crippen LogP contribution in [0.25, 0.3) is 55.0 Å². The number of rotatable bonds is 10. The molecule has 8 rings (SSSR count). The minimum atomic E-state index is -2.30. The van der Waals surface area contributed by atoms with E-state index in [1.807, 2.05) is 54.6 Å². The predicted octanol–water partition coefficient (Wildman–Crippen LogP) is 20.4. The first-order valence-electron chi connectivity index (χ1n) is 27.1. The normalized spacial score (nSPS) is 13.0. The van der Waals surface area contributed by atoms with Crippen molar-refractivity contribution >= 4 is 60.4 Å². The molecule has 1 unspecified atom stereocenters. The second-order valence-corrected chi connectivity index (χ2v) is 28.9. The van der Waals surface area contributed by atoms with Gasteiger partial charge in [0.15, 0.2) is 0 Å². The van der Waals surface area contributed by atoms with Gasteiger partial charge in [0.05, 0.1) is 35.5 Å². The summed E-state index contributed by atoms with van der Waals surface area (Å²) < 4.78 is 74.8. The fraction of sp³-hybridized carbons (Fsp3) is 0.455. The summed E-state index contributed by atoms with van der Waals surface area (Å²) in [5, 5.41) is 3.36. The molecule has 0 saturated heterocycles. The summed E-state index contributed by atoms with van der Waals surface area (Å²) in [6.07, 6.45) is 0. The van der Waals surface area contributed by atoms with Crippen molar-refractivity contribution in [1.29, 1.82) is 0 Å². The van der Waals surface area contributed by atoms with Crippen LogP contribution in [0, 0.1) is 6.92 Å². The fourth-order valence-corrected chi connectivity index (χ4v) is 12.4. The van der Waals surface area contributed by atoms with Crippen molar-refractivity contribution in [3.63, 3.8) is 0 Å². The molecule has 0 N–H and O–H groups in total. The molecule has 0 amide bonds. The second-order valence-electron chi connectivity index (χ2n) is 26.9. The molecule has 0 aliphatic carbocycles. The van der Waals surface area contributed by atoms with E-state index in [1.165, 1.54) is 0 Å². The molecule has 79 heavy (non-hydrogen) atoms. The van der Waals surface area contributed by atoms with E-state index in [2.05, 4.69) is 150 Å². The van der Waals surface area contributed by atoms with Gasteiger partial charge in [0.25, 0.3) is 0 Å². The Balaban J connectivity index is 1.55. The summed E-state index contributed by atoms with van der Waals surface area (Å²) >= 11 is 0. The molecule has 2 heterocycles. The highest BCUT2D eigenvalue weighted by atomic mass is 31.1. The van der Waals surface area contributed by atoms with E-state index in [-0.39, 0.29) is 10.8 Å². The van der Waals surface area contributed by atoms with Crippen molar-refractivity contribution in [2.45, 2.75) is 164 Å². The Bertz CT molecular complexity index is 3640. The lowest BCUT2D eigenvalue weighted by atomic mass is 9.81. The SMILES string of the molecule is COc1cc(-c2cc(OC)cc(C(C)(C)C)c2Op2oc3c(C(C)(C)C)cc(OC)cc3c3cc(OC)cc(C(C)(C)C)c3o2)c(Op2oc3c(C(C)(C)C)cc(C)cc3c3cc(OC)cc(C(C)(C)C)c3o2)c(C(C)(C)C)c1. The molecule has 0 radical (unpaired) electrons. The summed E-state index contributed by atoms with van der Waals surface area (Å²) in [7, 11) is 3.85. The van der Waals surface area contributed by atoms with Crippen LogP contribution in [0.2, 0.25) is 0 Å². The maximum atomic E-state index is 7.58. The van der Waals surface area contributed by atoms with Gasteiger partial charge in [-0.2, -0.15) is 0 Å². The lowest BCUT2D eigenvalue weighted by Gasteiger charge is -2.28. The van der Waals surface area contributed by atoms with Crippen LogP contribution in [0.3, 0.4) is 0 Å². The highest BCUT2D eigenvalue weighted by Gasteiger charge is 2.34. The van der Waals surface area contributed by atoms with Gasteiger partial charge in [-0.05, 0) is 112 Å². The Labute approximate surface area is 470 Å². The predicted molar refractivity (Wildman–Crippen MR) is 326 cm³/mol. The minimum Gasteiger partial charge on any atom is -0.497 e. The monoisotopic (exact) mass is 1110 g/mol. The third kappa shape index (κ3) is 11.8. The van der Waals surface area contributed by atoms with E-state index in [0.717, 1.165) is 66.2 Å². The summed E-state index contributed by atoms with van der Waals surface area (Å²) in [5.74, 6) is 4.35. The van der Waals surface area contributed by atoms with Gasteiger partial charge in [0.2, 0.25) is 0 Å². The van der Waals surface area contributed by atoms with Crippen LogP contribution in [0.4, 0.5) is 0 Å². The molecule has 0 aliphatic heterocycles. The van der Waals surface area contributed by atoms with Gasteiger partial charge in [-0.15, -0.1) is 0 Å². The Morgan fingerprint density at radius 3 is 0.772 bits per heavy atom. The largest absolute Gasteiger partial charge is 0.497 e. The molecule has 2 aromatic heterocycles. The van der Waals surface area contributed by atoms with Crippen molar-refractivity contribution < 1.29 is 49.5 Å². The Morgan fingerprint density at radius 2 is 0.519 bits per heavy atom. The molecule has 11 nitrogen and oxygen atoms in total. The van der Waals surface area contributed by atoms with E-state index >= 15 is 0 Å². The average Bonchev–Trinajstić information content (AvgIpc) is 3.95. The van der Waals surface area contributed by atoms with Gasteiger partial charge in [-0.1, -0.05) is 131 Å². The molecule has 13 heteroatoms. The molecular formula is C66H84O11P2. The van der Waals surface area contributed by atoms with Crippen molar-refractivity contribution in [3.05, 3.63) is 112 Å². The van der Waals surface area contributed by atoms with Crippen molar-refractivity contribution in [1.82, 2.24) is 0 Å². The minimum absolute atomic E-state index is 0.324. The van der Waals surface area contributed by atoms with E-state index < -0.39 is 38.1 Å². The standard InChI is InChI=1S/C66H84O11P2/c1-37-25-43-44-27-38(67-20)32-50(62(5,6)7)56(44)73-78(72-55(43)49(26-37)61(2,3)4)74-57-45(28-39(68-21)33-51(57)63(8,9)10)46-29-40(69-22)34-52(64(11,12)13)58(46)75-79-76-59-47(30-41(70-23)35-53(59)65(14,15)16)48-31-42(71-24)36-54(60(48)77-79)66(17,18)19/h25-36H,1-24H3. The maximum Gasteiger partial charge on any atom is 0.453 e. The van der Waals surface area contributed by atoms with Gasteiger partial charge in [-0.3, -0.25) is 0 Å². The Hall–Kier alpha value is -6.28. The first-order valence-corrected chi connectivity index (χ1v) is 29.3. The van der Waals surface area contributed by atoms with Crippen LogP contribution in [0.1, 0.15) is 164 Å². The Morgan fingerprint density at radius 1 is 0.291 bits per heavy atom. The van der Waals surface area contributed by atoms with Crippen LogP contribution in [-0.4, -0.2) is 35.5 Å². The van der Waals surface area contributed by atoms with Gasteiger partial charge in [0, 0.05) is 66.1 Å². The van der Waals surface area contributed by atoms with Crippen LogP contribution < -0.4 is 32.7 Å². The highest BCUT2D eigenvalue weighted by Crippen LogP contribution is 2.55. The second kappa shape index (κ2) is 21.0. The lowest BCUT2D eigenvalue weighted by molar-refractivity contribution is 0.408. The molecule has 8 aromatic rings. The van der Waals surface area contributed by atoms with Gasteiger partial charge in [0.1, 0.15) is 62.6 Å². The zero-order valence-corrected chi connectivity index (χ0v) is 53.1. The molecule has 6 aromatic carbocycles. The number of aryl methyl sites for hydroxylation is 1. The number of benzene rings is 6. The number of fused-ring (bicyclic) bond motifs is 6. The summed E-state index contributed by atoms with van der Waals surface area (Å²) in [6, 6.07) is 24.6. The lowest BCUT2D eigenvalue weighted by Crippen LogP contribution is -2.15. The van der Waals surface area contributed by atoms with Crippen LogP contribution in [0.5, 0.6) is 40.2 Å². The summed E-state index contributed by atoms with van der Waals surface area (Å²) in [5.41, 5.74) is 7.99. The number of hydrogen-bond acceptors (Lipinski definition) is 11. The number of methoxy groups -OCH3 is 5. The van der Waals surface area contributed by atoms with Crippen molar-refractivity contribution in [3.8, 4) is 51.4 Å². The first kappa shape index (κ1) is 58.9. The summed E-state index contributed by atoms with van der Waals surface area (Å²) in [6.45, 7) is 41.2. The quantitative estimate of drug-likeness (QED) is 0.130. The molecule has 0 saturated carbocycles. The zero-order chi connectivity index (χ0) is 58.3. The molecule has 1 atom stereocenters. The molecular weight excluding hydrogens is 1030 g/mol. The summed E-state index contributed by atoms with van der Waals surface area (Å²) in [4.78, 5) is 0. The Kier molecular flexibility index (Phi) is 15.6. The van der Waals surface area contributed by atoms with E-state index in [9.17, 15) is 0 Å². The zero-order valence-electron chi connectivity index (χ0n) is 51.3. The van der Waals surface area contributed by atoms with Gasteiger partial charge in [-0.25, -0.2) is 0 Å². The number of ether oxygens (including phenoxy) is 5. The van der Waals surface area contributed by atoms with Crippen LogP contribution >= 0.6 is 16.5 Å². The van der Waals surface area contributed by atoms with Crippen LogP contribution in [0.15, 0.2) is 89.6 Å². The third-order valence-electron chi connectivity index (χ3n) is 14.4. The first-order chi connectivity index (χ1) is 36.6. The van der Waals surface area contributed by atoms with E-state index in [4.69, 9.17) is 49.5 Å².